The number of cyclic esters (lactones) is 1. The van der Waals surface area contributed by atoms with Crippen molar-refractivity contribution in [3.8, 4) is 0 Å². The average molecular weight is 518 g/mol. The largest absolute Gasteiger partial charge is 0.458 e. The predicted octanol–water partition coefficient (Wildman–Crippen LogP) is 4.11. The first-order valence-corrected chi connectivity index (χ1v) is 14.8. The molecule has 7 heteroatoms. The van der Waals surface area contributed by atoms with Crippen LogP contribution in [0.15, 0.2) is 11.6 Å². The Kier molecular flexibility index (Phi) is 6.59. The molecular formula is C30H47NO6. The van der Waals surface area contributed by atoms with Crippen molar-refractivity contribution in [3.63, 3.8) is 0 Å². The summed E-state index contributed by atoms with van der Waals surface area (Å²) >= 11 is 0. The number of ether oxygens (including phenoxy) is 4. The topological polar surface area (TPSA) is 100 Å². The first-order chi connectivity index (χ1) is 17.6. The lowest BCUT2D eigenvalue weighted by Crippen LogP contribution is -2.62. The molecule has 4 aliphatic carbocycles. The van der Waals surface area contributed by atoms with Crippen molar-refractivity contribution in [1.82, 2.24) is 0 Å². The standard InChI is InChI=1S/C30H47NO6/c1-17-27(31)24(34-4)15-26(36-17)37-20-7-10-28(2)19(14-20)5-6-23-22(28)8-11-29(3)21(9-12-30(23,29)33)18-13-25(32)35-16-18/h13,17,19-24,26-27,33H,5-12,14-16,31H2,1-4H3/t17-,19+,20+,21+,22+,23-,24+,26+,27+,28+,29-,30+/m1/s1. The zero-order valence-electron chi connectivity index (χ0n) is 23.1. The summed E-state index contributed by atoms with van der Waals surface area (Å²) in [5, 5.41) is 12.4. The first kappa shape index (κ1) is 26.2. The van der Waals surface area contributed by atoms with E-state index < -0.39 is 5.60 Å². The highest BCUT2D eigenvalue weighted by Gasteiger charge is 2.67. The number of hydrogen-bond acceptors (Lipinski definition) is 7. The normalized spacial score (nSPS) is 53.6. The molecule has 2 heterocycles. The monoisotopic (exact) mass is 517 g/mol. The highest BCUT2D eigenvalue weighted by atomic mass is 16.7. The van der Waals surface area contributed by atoms with E-state index in [0.29, 0.717) is 30.8 Å². The van der Waals surface area contributed by atoms with Crippen molar-refractivity contribution in [3.05, 3.63) is 11.6 Å². The van der Waals surface area contributed by atoms with Crippen LogP contribution in [0.3, 0.4) is 0 Å². The van der Waals surface area contributed by atoms with Crippen LogP contribution in [0.2, 0.25) is 0 Å². The molecule has 3 N–H and O–H groups in total. The molecule has 0 spiro atoms. The van der Waals surface area contributed by atoms with Crippen LogP contribution in [0.1, 0.15) is 85.0 Å². The molecule has 0 aromatic rings. The number of carbonyl (C=O) groups excluding carboxylic acids is 1. The molecule has 0 radical (unpaired) electrons. The first-order valence-electron chi connectivity index (χ1n) is 14.8. The second kappa shape index (κ2) is 9.29. The number of carbonyl (C=O) groups is 1. The van der Waals surface area contributed by atoms with Crippen molar-refractivity contribution < 1.29 is 28.8 Å². The van der Waals surface area contributed by atoms with Crippen molar-refractivity contribution in [1.29, 1.82) is 0 Å². The third-order valence-electron chi connectivity index (χ3n) is 12.3. The van der Waals surface area contributed by atoms with Gasteiger partial charge < -0.3 is 29.8 Å². The van der Waals surface area contributed by atoms with E-state index in [1.54, 1.807) is 13.2 Å². The van der Waals surface area contributed by atoms with E-state index in [1.165, 1.54) is 0 Å². The van der Waals surface area contributed by atoms with Crippen LogP contribution in [-0.4, -0.2) is 61.0 Å². The minimum absolute atomic E-state index is 0.0322. The second-order valence-electron chi connectivity index (χ2n) is 13.7. The molecule has 2 aliphatic heterocycles. The lowest BCUT2D eigenvalue weighted by Gasteiger charge is -2.64. The van der Waals surface area contributed by atoms with Gasteiger partial charge in [0.2, 0.25) is 0 Å². The van der Waals surface area contributed by atoms with Gasteiger partial charge in [-0.3, -0.25) is 0 Å². The summed E-state index contributed by atoms with van der Waals surface area (Å²) in [5.41, 5.74) is 6.76. The molecule has 0 amide bonds. The van der Waals surface area contributed by atoms with Gasteiger partial charge in [-0.25, -0.2) is 4.79 Å². The predicted molar refractivity (Wildman–Crippen MR) is 138 cm³/mol. The maximum atomic E-state index is 12.4. The van der Waals surface area contributed by atoms with Crippen molar-refractivity contribution in [2.45, 2.75) is 121 Å². The van der Waals surface area contributed by atoms with Crippen LogP contribution in [0.25, 0.3) is 0 Å². The van der Waals surface area contributed by atoms with Gasteiger partial charge in [-0.1, -0.05) is 13.8 Å². The van der Waals surface area contributed by atoms with E-state index in [2.05, 4.69) is 13.8 Å². The highest BCUT2D eigenvalue weighted by molar-refractivity contribution is 5.85. The number of nitrogens with two attached hydrogens (primary N) is 1. The van der Waals surface area contributed by atoms with Gasteiger partial charge in [0.15, 0.2) is 6.29 Å². The third-order valence-corrected chi connectivity index (χ3v) is 12.3. The summed E-state index contributed by atoms with van der Waals surface area (Å²) in [6, 6.07) is -0.120. The Morgan fingerprint density at radius 3 is 2.59 bits per heavy atom. The molecule has 12 atom stereocenters. The van der Waals surface area contributed by atoms with Gasteiger partial charge in [0.1, 0.15) is 6.61 Å². The molecule has 208 valence electrons. The Morgan fingerprint density at radius 2 is 1.86 bits per heavy atom. The van der Waals surface area contributed by atoms with Crippen molar-refractivity contribution in [2.24, 2.45) is 40.2 Å². The zero-order chi connectivity index (χ0) is 26.2. The fourth-order valence-electron chi connectivity index (χ4n) is 10.1. The maximum absolute atomic E-state index is 12.4. The fraction of sp³-hybridized carbons (Fsp3) is 0.900. The van der Waals surface area contributed by atoms with Crippen LogP contribution in [0.4, 0.5) is 0 Å². The minimum atomic E-state index is -0.658. The average Bonchev–Trinajstić information content (AvgIpc) is 3.41. The van der Waals surface area contributed by atoms with E-state index in [1.807, 2.05) is 6.92 Å². The van der Waals surface area contributed by atoms with E-state index in [9.17, 15) is 9.90 Å². The summed E-state index contributed by atoms with van der Waals surface area (Å²) in [4.78, 5) is 11.8. The summed E-state index contributed by atoms with van der Waals surface area (Å²) < 4.78 is 23.5. The van der Waals surface area contributed by atoms with Gasteiger partial charge in [0.25, 0.3) is 0 Å². The lowest BCUT2D eigenvalue weighted by molar-refractivity contribution is -0.254. The fourth-order valence-corrected chi connectivity index (χ4v) is 10.1. The van der Waals surface area contributed by atoms with Crippen LogP contribution in [0, 0.1) is 34.5 Å². The van der Waals surface area contributed by atoms with E-state index in [4.69, 9.17) is 24.7 Å². The van der Waals surface area contributed by atoms with Gasteiger partial charge in [-0.2, -0.15) is 0 Å². The SMILES string of the molecule is CO[C@H]1C[C@H](O[C@H]2CC[C@@]3(C)[C@@H](CC[C@@H]4[C@@H]3CC[C@]3(C)[C@H](C5=CC(=O)OC5)CC[C@]43O)C2)O[C@H](C)[C@@H]1N. The Balaban J connectivity index is 1.15. The molecule has 0 unspecified atom stereocenters. The third kappa shape index (κ3) is 3.97. The van der Waals surface area contributed by atoms with Crippen LogP contribution >= 0.6 is 0 Å². The van der Waals surface area contributed by atoms with Gasteiger partial charge in [0, 0.05) is 25.0 Å². The number of aliphatic hydroxyl groups is 1. The quantitative estimate of drug-likeness (QED) is 0.428. The molecule has 4 saturated carbocycles. The molecule has 37 heavy (non-hydrogen) atoms. The van der Waals surface area contributed by atoms with Crippen LogP contribution in [0.5, 0.6) is 0 Å². The Labute approximate surface area is 221 Å². The second-order valence-corrected chi connectivity index (χ2v) is 13.7. The Morgan fingerprint density at radius 1 is 1.05 bits per heavy atom. The van der Waals surface area contributed by atoms with Gasteiger partial charge >= 0.3 is 5.97 Å². The van der Waals surface area contributed by atoms with E-state index in [-0.39, 0.29) is 53.4 Å². The number of hydrogen-bond donors (Lipinski definition) is 2. The minimum Gasteiger partial charge on any atom is -0.458 e. The molecule has 7 nitrogen and oxygen atoms in total. The number of methoxy groups -OCH3 is 1. The van der Waals surface area contributed by atoms with E-state index in [0.717, 1.165) is 63.4 Å². The molecule has 6 rings (SSSR count). The van der Waals surface area contributed by atoms with Crippen LogP contribution in [-0.2, 0) is 23.7 Å². The molecule has 0 bridgehead atoms. The van der Waals surface area contributed by atoms with Gasteiger partial charge in [0.05, 0.1) is 30.0 Å². The molecule has 5 fully saturated rings. The Hall–Kier alpha value is -0.990. The van der Waals surface area contributed by atoms with Crippen molar-refractivity contribution in [2.75, 3.05) is 13.7 Å². The zero-order valence-corrected chi connectivity index (χ0v) is 23.1. The number of fused-ring (bicyclic) bond motifs is 5. The number of rotatable bonds is 4. The Bertz CT molecular complexity index is 939. The number of esters is 1. The van der Waals surface area contributed by atoms with Crippen molar-refractivity contribution >= 4 is 5.97 Å². The molecule has 6 aliphatic rings. The summed E-state index contributed by atoms with van der Waals surface area (Å²) in [6.45, 7) is 7.22. The molecular weight excluding hydrogens is 470 g/mol. The molecule has 0 aromatic carbocycles. The van der Waals surface area contributed by atoms with E-state index >= 15 is 0 Å². The maximum Gasteiger partial charge on any atom is 0.331 e. The van der Waals surface area contributed by atoms with Gasteiger partial charge in [-0.15, -0.1) is 0 Å². The highest BCUT2D eigenvalue weighted by Crippen LogP contribution is 2.70. The summed E-state index contributed by atoms with van der Waals surface area (Å²) in [6.07, 6.45) is 11.7. The smallest absolute Gasteiger partial charge is 0.331 e. The molecule has 0 aromatic heterocycles. The summed E-state index contributed by atoms with van der Waals surface area (Å²) in [7, 11) is 1.72. The van der Waals surface area contributed by atoms with Gasteiger partial charge in [-0.05, 0) is 99.4 Å². The lowest BCUT2D eigenvalue weighted by atomic mass is 9.43. The molecule has 1 saturated heterocycles. The summed E-state index contributed by atoms with van der Waals surface area (Å²) in [5.74, 6) is 1.52. The van der Waals surface area contributed by atoms with Crippen LogP contribution < -0.4 is 5.73 Å².